The number of nitrogens with one attached hydrogen (secondary N) is 2. The van der Waals surface area contributed by atoms with E-state index in [-0.39, 0.29) is 12.0 Å². The van der Waals surface area contributed by atoms with E-state index in [0.717, 1.165) is 6.42 Å². The maximum Gasteiger partial charge on any atom is 0.408 e. The van der Waals surface area contributed by atoms with Crippen LogP contribution >= 0.6 is 0 Å². The number of hydrogen-bond donors (Lipinski definition) is 2. The average Bonchev–Trinajstić information content (AvgIpc) is 2.24. The van der Waals surface area contributed by atoms with E-state index >= 15 is 0 Å². The molecule has 0 aliphatic carbocycles. The molecule has 0 aromatic carbocycles. The predicted molar refractivity (Wildman–Crippen MR) is 77.5 cm³/mol. The van der Waals surface area contributed by atoms with Crippen LogP contribution in [0, 0.1) is 0 Å². The van der Waals surface area contributed by atoms with Gasteiger partial charge in [-0.25, -0.2) is 4.79 Å². The van der Waals surface area contributed by atoms with Gasteiger partial charge in [0.15, 0.2) is 0 Å². The first-order valence-corrected chi connectivity index (χ1v) is 7.00. The van der Waals surface area contributed by atoms with E-state index in [2.05, 4.69) is 10.6 Å². The summed E-state index contributed by atoms with van der Waals surface area (Å²) in [5.74, 6) is -0.236. The maximum atomic E-state index is 11.7. The van der Waals surface area contributed by atoms with Crippen molar-refractivity contribution in [1.29, 1.82) is 0 Å². The Morgan fingerprint density at radius 2 is 1.75 bits per heavy atom. The summed E-state index contributed by atoms with van der Waals surface area (Å²) in [5.41, 5.74) is -0.575. The SMILES string of the molecule is CC(C)OCCCNC(=O)C(C)NC(=O)OC(C)(C)C. The summed E-state index contributed by atoms with van der Waals surface area (Å²) >= 11 is 0. The Hall–Kier alpha value is -1.30. The van der Waals surface area contributed by atoms with Gasteiger partial charge in [-0.05, 0) is 48.0 Å². The highest BCUT2D eigenvalue weighted by molar-refractivity contribution is 5.85. The third-order valence-corrected chi connectivity index (χ3v) is 2.20. The minimum absolute atomic E-state index is 0.193. The van der Waals surface area contributed by atoms with Gasteiger partial charge >= 0.3 is 6.09 Å². The topological polar surface area (TPSA) is 76.7 Å². The summed E-state index contributed by atoms with van der Waals surface area (Å²) < 4.78 is 10.4. The summed E-state index contributed by atoms with van der Waals surface area (Å²) in [4.78, 5) is 23.2. The summed E-state index contributed by atoms with van der Waals surface area (Å²) in [6.45, 7) is 12.0. The quantitative estimate of drug-likeness (QED) is 0.701. The minimum atomic E-state index is -0.629. The van der Waals surface area contributed by atoms with Crippen molar-refractivity contribution in [2.45, 2.75) is 65.7 Å². The normalized spacial score (nSPS) is 12.9. The molecule has 0 heterocycles. The van der Waals surface area contributed by atoms with E-state index in [4.69, 9.17) is 9.47 Å². The monoisotopic (exact) mass is 288 g/mol. The zero-order chi connectivity index (χ0) is 15.8. The Balaban J connectivity index is 3.84. The van der Waals surface area contributed by atoms with Gasteiger partial charge < -0.3 is 20.1 Å². The molecule has 2 N–H and O–H groups in total. The largest absolute Gasteiger partial charge is 0.444 e. The van der Waals surface area contributed by atoms with E-state index in [1.165, 1.54) is 0 Å². The van der Waals surface area contributed by atoms with Crippen molar-refractivity contribution in [1.82, 2.24) is 10.6 Å². The van der Waals surface area contributed by atoms with Gasteiger partial charge in [0.2, 0.25) is 5.91 Å². The Morgan fingerprint density at radius 1 is 1.15 bits per heavy atom. The van der Waals surface area contributed by atoms with Crippen molar-refractivity contribution in [2.24, 2.45) is 0 Å². The van der Waals surface area contributed by atoms with Crippen molar-refractivity contribution in [3.63, 3.8) is 0 Å². The lowest BCUT2D eigenvalue weighted by Crippen LogP contribution is -2.46. The van der Waals surface area contributed by atoms with Crippen LogP contribution < -0.4 is 10.6 Å². The number of amides is 2. The molecule has 2 amide bonds. The molecule has 0 aromatic rings. The highest BCUT2D eigenvalue weighted by Crippen LogP contribution is 2.06. The molecular weight excluding hydrogens is 260 g/mol. The van der Waals surface area contributed by atoms with Crippen molar-refractivity contribution >= 4 is 12.0 Å². The van der Waals surface area contributed by atoms with Crippen LogP contribution in [0.1, 0.15) is 48.0 Å². The molecule has 0 rings (SSSR count). The molecular formula is C14H28N2O4. The van der Waals surface area contributed by atoms with Crippen LogP contribution in [0.5, 0.6) is 0 Å². The number of carbonyl (C=O) groups excluding carboxylic acids is 2. The van der Waals surface area contributed by atoms with Crippen molar-refractivity contribution in [2.75, 3.05) is 13.2 Å². The van der Waals surface area contributed by atoms with Gasteiger partial charge in [0.25, 0.3) is 0 Å². The Morgan fingerprint density at radius 3 is 2.25 bits per heavy atom. The highest BCUT2D eigenvalue weighted by Gasteiger charge is 2.20. The minimum Gasteiger partial charge on any atom is -0.444 e. The molecule has 0 saturated heterocycles. The third kappa shape index (κ3) is 10.6. The van der Waals surface area contributed by atoms with Crippen LogP contribution in [0.2, 0.25) is 0 Å². The predicted octanol–water partition coefficient (Wildman–Crippen LogP) is 1.83. The molecule has 0 aliphatic rings. The lowest BCUT2D eigenvalue weighted by Gasteiger charge is -2.21. The number of rotatable bonds is 7. The maximum absolute atomic E-state index is 11.7. The zero-order valence-electron chi connectivity index (χ0n) is 13.4. The molecule has 1 unspecified atom stereocenters. The summed E-state index contributed by atoms with van der Waals surface area (Å²) in [7, 11) is 0. The number of ether oxygens (including phenoxy) is 2. The second-order valence-corrected chi connectivity index (χ2v) is 5.93. The molecule has 6 nitrogen and oxygen atoms in total. The second-order valence-electron chi connectivity index (χ2n) is 5.93. The van der Waals surface area contributed by atoms with Crippen LogP contribution in [0.3, 0.4) is 0 Å². The lowest BCUT2D eigenvalue weighted by molar-refractivity contribution is -0.122. The Labute approximate surface area is 121 Å². The van der Waals surface area contributed by atoms with Crippen LogP contribution in [-0.2, 0) is 14.3 Å². The van der Waals surface area contributed by atoms with Gasteiger partial charge in [-0.3, -0.25) is 4.79 Å². The summed E-state index contributed by atoms with van der Waals surface area (Å²) in [5, 5.41) is 5.23. The number of hydrogen-bond acceptors (Lipinski definition) is 4. The molecule has 0 spiro atoms. The second kappa shape index (κ2) is 8.79. The molecule has 6 heteroatoms. The van der Waals surface area contributed by atoms with Crippen molar-refractivity contribution in [3.8, 4) is 0 Å². The molecule has 0 saturated carbocycles. The standard InChI is InChI=1S/C14H28N2O4/c1-10(2)19-9-7-8-15-12(17)11(3)16-13(18)20-14(4,5)6/h10-11H,7-9H2,1-6H3,(H,15,17)(H,16,18). The van der Waals surface area contributed by atoms with Crippen LogP contribution in [0.15, 0.2) is 0 Å². The fourth-order valence-electron chi connectivity index (χ4n) is 1.31. The first kappa shape index (κ1) is 18.7. The molecule has 0 bridgehead atoms. The van der Waals surface area contributed by atoms with E-state index in [0.29, 0.717) is 13.2 Å². The Kier molecular flexibility index (Phi) is 8.22. The first-order chi connectivity index (χ1) is 9.11. The smallest absolute Gasteiger partial charge is 0.408 e. The summed E-state index contributed by atoms with van der Waals surface area (Å²) in [6, 6.07) is -0.629. The van der Waals surface area contributed by atoms with Crippen LogP contribution in [0.4, 0.5) is 4.79 Å². The number of carbonyl (C=O) groups is 2. The molecule has 1 atom stereocenters. The molecule has 0 aromatic heterocycles. The fourth-order valence-corrected chi connectivity index (χ4v) is 1.31. The van der Waals surface area contributed by atoms with Gasteiger partial charge in [-0.15, -0.1) is 0 Å². The zero-order valence-corrected chi connectivity index (χ0v) is 13.4. The third-order valence-electron chi connectivity index (χ3n) is 2.20. The molecule has 0 fully saturated rings. The Bertz CT molecular complexity index is 311. The van der Waals surface area contributed by atoms with E-state index in [1.54, 1.807) is 27.7 Å². The molecule has 20 heavy (non-hydrogen) atoms. The van der Waals surface area contributed by atoms with Gasteiger partial charge in [0.1, 0.15) is 11.6 Å². The van der Waals surface area contributed by atoms with Gasteiger partial charge in [-0.1, -0.05) is 0 Å². The highest BCUT2D eigenvalue weighted by atomic mass is 16.6. The van der Waals surface area contributed by atoms with Gasteiger partial charge in [0, 0.05) is 13.2 Å². The first-order valence-electron chi connectivity index (χ1n) is 7.00. The molecule has 0 radical (unpaired) electrons. The van der Waals surface area contributed by atoms with Gasteiger partial charge in [0.05, 0.1) is 6.10 Å². The van der Waals surface area contributed by atoms with Crippen LogP contribution in [0.25, 0.3) is 0 Å². The molecule has 0 aliphatic heterocycles. The van der Waals surface area contributed by atoms with E-state index < -0.39 is 17.7 Å². The average molecular weight is 288 g/mol. The van der Waals surface area contributed by atoms with Crippen LogP contribution in [-0.4, -0.2) is 42.9 Å². The van der Waals surface area contributed by atoms with E-state index in [1.807, 2.05) is 13.8 Å². The molecule has 118 valence electrons. The lowest BCUT2D eigenvalue weighted by atomic mass is 10.2. The van der Waals surface area contributed by atoms with E-state index in [9.17, 15) is 9.59 Å². The van der Waals surface area contributed by atoms with Crippen molar-refractivity contribution in [3.05, 3.63) is 0 Å². The van der Waals surface area contributed by atoms with Crippen molar-refractivity contribution < 1.29 is 19.1 Å². The fraction of sp³-hybridized carbons (Fsp3) is 0.857. The summed E-state index contributed by atoms with van der Waals surface area (Å²) in [6.07, 6.45) is 0.338. The van der Waals surface area contributed by atoms with Gasteiger partial charge in [-0.2, -0.15) is 0 Å². The number of alkyl carbamates (subject to hydrolysis) is 1.